The molecular weight excluding hydrogens is 765 g/mol. The number of nitrogen functional groups attached to an aromatic ring is 1. The Hall–Kier alpha value is -6.23. The van der Waals surface area contributed by atoms with Gasteiger partial charge in [0, 0.05) is 68.5 Å². The van der Waals surface area contributed by atoms with E-state index in [9.17, 15) is 24.3 Å². The summed E-state index contributed by atoms with van der Waals surface area (Å²) in [7, 11) is 0. The number of para-hydroxylation sites is 1. The maximum atomic E-state index is 13.4. The lowest BCUT2D eigenvalue weighted by atomic mass is 9.83. The van der Waals surface area contributed by atoms with Gasteiger partial charge in [0.05, 0.1) is 29.2 Å². The predicted molar refractivity (Wildman–Crippen MR) is 221 cm³/mol. The first-order valence-electron chi connectivity index (χ1n) is 20.7. The van der Waals surface area contributed by atoms with Crippen molar-refractivity contribution < 1.29 is 29.0 Å². The standard InChI is InChI=1S/C44H46N10O6/c45-39-37-38(27-6-9-32(10-7-27)60-31-4-2-1-3-5-31)49-54(40(37)47-26-46-39)28-14-18-52(19-15-28)44(25-55)16-20-50(21-17-44)30-23-51(24-30)29-8-11-33-34(22-29)43(59)53(42(33)58)35-12-13-36(56)48-41(35)57/h1-11,22,26,28,30,35,55H,12-21,23-25H2,(H2,45,46,47)(H,48,56,57). The van der Waals surface area contributed by atoms with Gasteiger partial charge in [0.1, 0.15) is 35.4 Å². The van der Waals surface area contributed by atoms with E-state index in [-0.39, 0.29) is 36.6 Å². The number of amides is 4. The summed E-state index contributed by atoms with van der Waals surface area (Å²) in [6.07, 6.45) is 5.13. The van der Waals surface area contributed by atoms with Crippen LogP contribution in [0.15, 0.2) is 79.1 Å². The number of nitrogens with two attached hydrogens (primary N) is 1. The third kappa shape index (κ3) is 6.55. The molecule has 1 atom stereocenters. The van der Waals surface area contributed by atoms with Crippen LogP contribution in [0.25, 0.3) is 22.3 Å². The molecule has 0 bridgehead atoms. The van der Waals surface area contributed by atoms with Gasteiger partial charge >= 0.3 is 0 Å². The lowest BCUT2D eigenvalue weighted by molar-refractivity contribution is -0.136. The van der Waals surface area contributed by atoms with Crippen molar-refractivity contribution in [1.82, 2.24) is 39.8 Å². The number of carbonyl (C=O) groups excluding carboxylic acids is 4. The number of anilines is 2. The van der Waals surface area contributed by atoms with E-state index in [0.717, 1.165) is 109 Å². The van der Waals surface area contributed by atoms with Crippen LogP contribution in [0.3, 0.4) is 0 Å². The van der Waals surface area contributed by atoms with E-state index in [1.807, 2.05) is 65.3 Å². The summed E-state index contributed by atoms with van der Waals surface area (Å²) >= 11 is 0. The fourth-order valence-electron chi connectivity index (χ4n) is 9.77. The number of rotatable bonds is 9. The molecule has 10 rings (SSSR count). The number of ether oxygens (including phenoxy) is 1. The van der Waals surface area contributed by atoms with Crippen LogP contribution in [0.4, 0.5) is 11.5 Å². The number of fused-ring (bicyclic) bond motifs is 2. The summed E-state index contributed by atoms with van der Waals surface area (Å²) in [6.45, 7) is 5.06. The first-order valence-corrected chi connectivity index (χ1v) is 20.7. The topological polar surface area (TPSA) is 192 Å². The fourth-order valence-corrected chi connectivity index (χ4v) is 9.77. The van der Waals surface area contributed by atoms with E-state index in [1.54, 1.807) is 12.1 Å². The van der Waals surface area contributed by atoms with Crippen molar-refractivity contribution in [2.75, 3.05) is 56.5 Å². The second-order valence-electron chi connectivity index (χ2n) is 16.6. The molecule has 3 aromatic carbocycles. The molecule has 4 amide bonds. The summed E-state index contributed by atoms with van der Waals surface area (Å²) in [5, 5.41) is 19.0. The molecule has 60 heavy (non-hydrogen) atoms. The molecule has 0 saturated carbocycles. The van der Waals surface area contributed by atoms with Crippen LogP contribution in [0.1, 0.15) is 65.3 Å². The fraction of sp³-hybridized carbons (Fsp3) is 0.386. The Kier molecular flexibility index (Phi) is 9.57. The second-order valence-corrected chi connectivity index (χ2v) is 16.6. The van der Waals surface area contributed by atoms with Crippen LogP contribution < -0.4 is 20.7 Å². The molecule has 1 unspecified atom stereocenters. The molecule has 308 valence electrons. The quantitative estimate of drug-likeness (QED) is 0.183. The highest BCUT2D eigenvalue weighted by atomic mass is 16.5. The highest BCUT2D eigenvalue weighted by molar-refractivity contribution is 6.23. The SMILES string of the molecule is Nc1ncnc2c1c(-c1ccc(Oc3ccccc3)cc1)nn2C1CCN(C2(CO)CCN(C3CN(c4ccc5c(c4)C(=O)N(C4CCC(=O)NC4=O)C5=O)C3)CC2)CC1. The predicted octanol–water partition coefficient (Wildman–Crippen LogP) is 3.62. The highest BCUT2D eigenvalue weighted by Crippen LogP contribution is 2.39. The van der Waals surface area contributed by atoms with Gasteiger partial charge in [-0.1, -0.05) is 18.2 Å². The molecule has 4 N–H and O–H groups in total. The van der Waals surface area contributed by atoms with E-state index in [1.165, 1.54) is 6.33 Å². The number of hydrogen-bond donors (Lipinski definition) is 3. The smallest absolute Gasteiger partial charge is 0.262 e. The van der Waals surface area contributed by atoms with Crippen LogP contribution >= 0.6 is 0 Å². The summed E-state index contributed by atoms with van der Waals surface area (Å²) in [6, 6.07) is 22.2. The lowest BCUT2D eigenvalue weighted by Gasteiger charge is -2.54. The summed E-state index contributed by atoms with van der Waals surface area (Å²) in [5.74, 6) is -0.137. The van der Waals surface area contributed by atoms with Crippen molar-refractivity contribution >= 4 is 46.2 Å². The molecule has 0 aliphatic carbocycles. The highest BCUT2D eigenvalue weighted by Gasteiger charge is 2.47. The number of hydrogen-bond acceptors (Lipinski definition) is 13. The largest absolute Gasteiger partial charge is 0.457 e. The minimum atomic E-state index is -0.986. The number of benzene rings is 3. The Bertz CT molecular complexity index is 2490. The molecule has 4 saturated heterocycles. The molecule has 5 aromatic rings. The van der Waals surface area contributed by atoms with Crippen LogP contribution in [0, 0.1) is 0 Å². The number of likely N-dealkylation sites (tertiary alicyclic amines) is 2. The maximum absolute atomic E-state index is 13.4. The summed E-state index contributed by atoms with van der Waals surface area (Å²) in [4.78, 5) is 67.8. The number of imide groups is 2. The minimum Gasteiger partial charge on any atom is -0.457 e. The Labute approximate surface area is 345 Å². The molecule has 4 fully saturated rings. The van der Waals surface area contributed by atoms with Gasteiger partial charge in [-0.2, -0.15) is 5.10 Å². The van der Waals surface area contributed by atoms with Gasteiger partial charge in [-0.25, -0.2) is 14.6 Å². The van der Waals surface area contributed by atoms with E-state index in [2.05, 4.69) is 30.0 Å². The van der Waals surface area contributed by atoms with Crippen LogP contribution in [-0.4, -0.2) is 127 Å². The number of aliphatic hydroxyl groups excluding tert-OH is 1. The van der Waals surface area contributed by atoms with Gasteiger partial charge in [-0.05, 0) is 86.7 Å². The zero-order valence-electron chi connectivity index (χ0n) is 33.1. The molecular formula is C44H46N10O6. The number of nitrogens with zero attached hydrogens (tertiary/aromatic N) is 8. The maximum Gasteiger partial charge on any atom is 0.262 e. The van der Waals surface area contributed by atoms with Gasteiger partial charge in [0.25, 0.3) is 11.8 Å². The Morgan fingerprint density at radius 3 is 2.25 bits per heavy atom. The average molecular weight is 811 g/mol. The Morgan fingerprint density at radius 2 is 1.53 bits per heavy atom. The van der Waals surface area contributed by atoms with Crippen LogP contribution in [0.5, 0.6) is 11.5 Å². The average Bonchev–Trinajstić information content (AvgIpc) is 3.76. The van der Waals surface area contributed by atoms with Crippen molar-refractivity contribution in [3.63, 3.8) is 0 Å². The van der Waals surface area contributed by atoms with Gasteiger partial charge in [-0.15, -0.1) is 0 Å². The third-order valence-corrected chi connectivity index (χ3v) is 13.3. The number of nitrogens with one attached hydrogen (secondary N) is 1. The second kappa shape index (κ2) is 15.1. The lowest BCUT2D eigenvalue weighted by Crippen LogP contribution is -2.65. The number of piperidine rings is 3. The van der Waals surface area contributed by atoms with E-state index in [4.69, 9.17) is 15.6 Å². The molecule has 0 radical (unpaired) electrons. The summed E-state index contributed by atoms with van der Waals surface area (Å²) in [5.41, 5.74) is 9.95. The Balaban J connectivity index is 0.757. The van der Waals surface area contributed by atoms with Gasteiger partial charge in [0.15, 0.2) is 5.65 Å². The molecule has 5 aliphatic heterocycles. The first kappa shape index (κ1) is 38.0. The zero-order valence-corrected chi connectivity index (χ0v) is 33.1. The minimum absolute atomic E-state index is 0.0831. The number of carbonyl (C=O) groups is 4. The first-order chi connectivity index (χ1) is 29.2. The normalized spacial score (nSPS) is 21.6. The van der Waals surface area contributed by atoms with Crippen molar-refractivity contribution in [2.24, 2.45) is 0 Å². The molecule has 0 spiro atoms. The van der Waals surface area contributed by atoms with Gasteiger partial charge in [0.2, 0.25) is 11.8 Å². The van der Waals surface area contributed by atoms with Crippen molar-refractivity contribution in [3.8, 4) is 22.8 Å². The van der Waals surface area contributed by atoms with E-state index >= 15 is 0 Å². The van der Waals surface area contributed by atoms with E-state index in [0.29, 0.717) is 17.4 Å². The monoisotopic (exact) mass is 810 g/mol. The molecule has 16 heteroatoms. The van der Waals surface area contributed by atoms with Gasteiger partial charge < -0.3 is 20.5 Å². The van der Waals surface area contributed by atoms with Gasteiger partial charge in [-0.3, -0.25) is 39.2 Å². The van der Waals surface area contributed by atoms with Crippen molar-refractivity contribution in [2.45, 2.75) is 62.2 Å². The molecule has 7 heterocycles. The van der Waals surface area contributed by atoms with E-state index < -0.39 is 29.7 Å². The van der Waals surface area contributed by atoms with Crippen LogP contribution in [0.2, 0.25) is 0 Å². The van der Waals surface area contributed by atoms with Crippen LogP contribution in [-0.2, 0) is 9.59 Å². The number of aliphatic hydroxyl groups is 1. The number of aromatic nitrogens is 4. The molecule has 5 aliphatic rings. The van der Waals surface area contributed by atoms with Crippen molar-refractivity contribution in [1.29, 1.82) is 0 Å². The molecule has 2 aromatic heterocycles. The Morgan fingerprint density at radius 1 is 0.817 bits per heavy atom. The van der Waals surface area contributed by atoms with Crippen molar-refractivity contribution in [3.05, 3.63) is 90.3 Å². The molecule has 16 nitrogen and oxygen atoms in total. The zero-order chi connectivity index (χ0) is 41.1. The third-order valence-electron chi connectivity index (χ3n) is 13.3. The summed E-state index contributed by atoms with van der Waals surface area (Å²) < 4.78 is 8.03.